The molecule has 1 amide bonds. The van der Waals surface area contributed by atoms with E-state index in [-0.39, 0.29) is 36.9 Å². The van der Waals surface area contributed by atoms with Crippen molar-refractivity contribution in [2.24, 2.45) is 5.41 Å². The summed E-state index contributed by atoms with van der Waals surface area (Å²) in [4.78, 5) is 44.4. The highest BCUT2D eigenvalue weighted by Crippen LogP contribution is 2.47. The highest BCUT2D eigenvalue weighted by molar-refractivity contribution is 6.11. The first kappa shape index (κ1) is 22.6. The Bertz CT molecular complexity index is 1140. The maximum Gasteiger partial charge on any atom is 0.248 e. The summed E-state index contributed by atoms with van der Waals surface area (Å²) in [7, 11) is 2.98. The molecule has 0 radical (unpaired) electrons. The first-order valence-corrected chi connectivity index (χ1v) is 10.7. The number of aromatic nitrogens is 1. The Morgan fingerprint density at radius 2 is 1.91 bits per heavy atom. The summed E-state index contributed by atoms with van der Waals surface area (Å²) in [5, 5.41) is 8.98. The molecule has 1 aliphatic carbocycles. The molecule has 8 heteroatoms. The number of amides is 1. The predicted octanol–water partition coefficient (Wildman–Crippen LogP) is 2.43. The van der Waals surface area contributed by atoms with Crippen molar-refractivity contribution in [2.45, 2.75) is 25.7 Å². The lowest BCUT2D eigenvalue weighted by molar-refractivity contribution is -0.157. The second kappa shape index (κ2) is 8.75. The quantitative estimate of drug-likeness (QED) is 0.648. The van der Waals surface area contributed by atoms with Crippen molar-refractivity contribution in [3.63, 3.8) is 0 Å². The van der Waals surface area contributed by atoms with Gasteiger partial charge >= 0.3 is 0 Å². The van der Waals surface area contributed by atoms with Crippen LogP contribution in [0.4, 0.5) is 0 Å². The van der Waals surface area contributed by atoms with Gasteiger partial charge in [-0.2, -0.15) is 5.26 Å². The van der Waals surface area contributed by atoms with Gasteiger partial charge in [-0.3, -0.25) is 19.4 Å². The van der Waals surface area contributed by atoms with Crippen LogP contribution in [0.2, 0.25) is 0 Å². The maximum atomic E-state index is 13.2. The van der Waals surface area contributed by atoms with Gasteiger partial charge in [-0.05, 0) is 36.8 Å². The van der Waals surface area contributed by atoms with E-state index in [1.165, 1.54) is 20.4 Å². The fraction of sp³-hybridized carbons (Fsp3) is 0.400. The van der Waals surface area contributed by atoms with Crippen LogP contribution in [-0.4, -0.2) is 61.3 Å². The highest BCUT2D eigenvalue weighted by atomic mass is 16.5. The molecule has 2 fully saturated rings. The largest absolute Gasteiger partial charge is 0.496 e. The molecule has 1 saturated heterocycles. The summed E-state index contributed by atoms with van der Waals surface area (Å²) >= 11 is 0. The second-order valence-corrected chi connectivity index (χ2v) is 8.86. The molecule has 0 N–H and O–H groups in total. The summed E-state index contributed by atoms with van der Waals surface area (Å²) < 4.78 is 10.5. The van der Waals surface area contributed by atoms with Gasteiger partial charge in [-0.15, -0.1) is 0 Å². The Labute approximate surface area is 192 Å². The minimum absolute atomic E-state index is 0.00254. The van der Waals surface area contributed by atoms with Gasteiger partial charge in [0.2, 0.25) is 5.91 Å². The van der Waals surface area contributed by atoms with Crippen molar-refractivity contribution in [2.75, 3.05) is 33.9 Å². The normalized spacial score (nSPS) is 17.6. The number of hydrogen-bond acceptors (Lipinski definition) is 7. The summed E-state index contributed by atoms with van der Waals surface area (Å²) in [6.45, 7) is 2.65. The summed E-state index contributed by atoms with van der Waals surface area (Å²) in [5.74, 6) is -0.831. The van der Waals surface area contributed by atoms with E-state index in [1.54, 1.807) is 23.1 Å². The monoisotopic (exact) mass is 447 g/mol. The molecule has 8 nitrogen and oxygen atoms in total. The van der Waals surface area contributed by atoms with Crippen LogP contribution in [0.3, 0.4) is 0 Å². The predicted molar refractivity (Wildman–Crippen MR) is 119 cm³/mol. The fourth-order valence-electron chi connectivity index (χ4n) is 4.97. The van der Waals surface area contributed by atoms with E-state index >= 15 is 0 Å². The second-order valence-electron chi connectivity index (χ2n) is 8.86. The first-order chi connectivity index (χ1) is 15.8. The van der Waals surface area contributed by atoms with Crippen LogP contribution in [0.1, 0.15) is 35.4 Å². The van der Waals surface area contributed by atoms with Crippen LogP contribution in [0.25, 0.3) is 11.3 Å². The SMILES string of the molecule is COCC(=O)N1CC2(CC(=O)C(c3c(C)cc(-c4ccc(C#N)cn4)cc3OC)C(=O)C2)C1. The zero-order chi connectivity index (χ0) is 23.8. The number of carbonyl (C=O) groups is 3. The Morgan fingerprint density at radius 1 is 1.21 bits per heavy atom. The lowest BCUT2D eigenvalue weighted by Crippen LogP contribution is -2.62. The zero-order valence-corrected chi connectivity index (χ0v) is 18.9. The van der Waals surface area contributed by atoms with Crippen molar-refractivity contribution in [1.29, 1.82) is 5.26 Å². The number of aryl methyl sites for hydroxylation is 1. The van der Waals surface area contributed by atoms with Crippen LogP contribution < -0.4 is 4.74 Å². The van der Waals surface area contributed by atoms with E-state index in [9.17, 15) is 14.4 Å². The molecule has 1 spiro atoms. The molecule has 2 aliphatic rings. The number of pyridine rings is 1. The van der Waals surface area contributed by atoms with Crippen molar-refractivity contribution < 1.29 is 23.9 Å². The number of carbonyl (C=O) groups excluding carboxylic acids is 3. The third-order valence-corrected chi connectivity index (χ3v) is 6.46. The molecule has 2 aromatic rings. The molecule has 0 atom stereocenters. The smallest absolute Gasteiger partial charge is 0.248 e. The summed E-state index contributed by atoms with van der Waals surface area (Å²) in [6, 6.07) is 9.13. The first-order valence-electron chi connectivity index (χ1n) is 10.7. The topological polar surface area (TPSA) is 110 Å². The molecule has 170 valence electrons. The lowest BCUT2D eigenvalue weighted by atomic mass is 9.63. The van der Waals surface area contributed by atoms with E-state index < -0.39 is 11.3 Å². The molecule has 1 saturated carbocycles. The minimum Gasteiger partial charge on any atom is -0.496 e. The number of Topliss-reactive ketones (excluding diaryl/α,β-unsaturated/α-hetero) is 2. The van der Waals surface area contributed by atoms with Crippen LogP contribution in [0, 0.1) is 23.7 Å². The molecular weight excluding hydrogens is 422 g/mol. The molecule has 1 aliphatic heterocycles. The van der Waals surface area contributed by atoms with Crippen molar-refractivity contribution in [1.82, 2.24) is 9.88 Å². The fourth-order valence-corrected chi connectivity index (χ4v) is 4.97. The number of ether oxygens (including phenoxy) is 2. The number of rotatable bonds is 5. The Hall–Kier alpha value is -3.57. The number of nitrogens with zero attached hydrogens (tertiary/aromatic N) is 3. The van der Waals surface area contributed by atoms with E-state index in [0.717, 1.165) is 11.1 Å². The van der Waals surface area contributed by atoms with Gasteiger partial charge in [0.25, 0.3) is 0 Å². The molecule has 0 bridgehead atoms. The van der Waals surface area contributed by atoms with E-state index in [0.29, 0.717) is 35.7 Å². The number of ketones is 2. The van der Waals surface area contributed by atoms with Crippen molar-refractivity contribution >= 4 is 17.5 Å². The number of nitriles is 1. The third kappa shape index (κ3) is 4.12. The molecule has 1 aromatic heterocycles. The van der Waals surface area contributed by atoms with Gasteiger partial charge < -0.3 is 14.4 Å². The molecule has 1 aromatic carbocycles. The van der Waals surface area contributed by atoms with Crippen LogP contribution in [0.5, 0.6) is 5.75 Å². The Balaban J connectivity index is 1.59. The molecule has 0 unspecified atom stereocenters. The van der Waals surface area contributed by atoms with Gasteiger partial charge in [0.05, 0.1) is 18.4 Å². The van der Waals surface area contributed by atoms with Crippen molar-refractivity contribution in [3.8, 4) is 23.1 Å². The number of hydrogen-bond donors (Lipinski definition) is 0. The molecule has 33 heavy (non-hydrogen) atoms. The van der Waals surface area contributed by atoms with Gasteiger partial charge in [0.1, 0.15) is 35.9 Å². The van der Waals surface area contributed by atoms with Crippen LogP contribution >= 0.6 is 0 Å². The van der Waals surface area contributed by atoms with Crippen molar-refractivity contribution in [3.05, 3.63) is 47.2 Å². The minimum atomic E-state index is -0.878. The lowest BCUT2D eigenvalue weighted by Gasteiger charge is -2.52. The number of likely N-dealkylation sites (tertiary alicyclic amines) is 1. The van der Waals surface area contributed by atoms with Crippen LogP contribution in [-0.2, 0) is 19.1 Å². The standard InChI is InChI=1S/C25H25N3O5/c1-15-6-17(18-5-4-16(10-26)11-27-18)7-21(33-3)23(15)24-19(29)8-25(9-20(24)30)13-28(14-25)22(31)12-32-2/h4-7,11,24H,8-9,12-14H2,1-3H3. The van der Waals surface area contributed by atoms with Gasteiger partial charge in [-0.1, -0.05) is 0 Å². The molecule has 4 rings (SSSR count). The van der Waals surface area contributed by atoms with E-state index in [4.69, 9.17) is 14.7 Å². The number of benzene rings is 1. The van der Waals surface area contributed by atoms with Gasteiger partial charge in [-0.25, -0.2) is 0 Å². The van der Waals surface area contributed by atoms with E-state index in [1.807, 2.05) is 19.1 Å². The number of methoxy groups -OCH3 is 2. The highest BCUT2D eigenvalue weighted by Gasteiger charge is 2.53. The zero-order valence-electron chi connectivity index (χ0n) is 18.9. The van der Waals surface area contributed by atoms with Crippen LogP contribution in [0.15, 0.2) is 30.5 Å². The van der Waals surface area contributed by atoms with Gasteiger partial charge in [0, 0.05) is 55.8 Å². The Kier molecular flexibility index (Phi) is 6.00. The average molecular weight is 447 g/mol. The average Bonchev–Trinajstić information content (AvgIpc) is 2.77. The van der Waals surface area contributed by atoms with Gasteiger partial charge in [0.15, 0.2) is 0 Å². The molecular formula is C25H25N3O5. The maximum absolute atomic E-state index is 13.2. The Morgan fingerprint density at radius 3 is 2.45 bits per heavy atom. The summed E-state index contributed by atoms with van der Waals surface area (Å²) in [5.41, 5.74) is 2.79. The summed E-state index contributed by atoms with van der Waals surface area (Å²) in [6.07, 6.45) is 2.00. The molecule has 2 heterocycles. The third-order valence-electron chi connectivity index (χ3n) is 6.46. The van der Waals surface area contributed by atoms with E-state index in [2.05, 4.69) is 4.98 Å².